The van der Waals surface area contributed by atoms with E-state index in [9.17, 15) is 4.79 Å². The monoisotopic (exact) mass is 261 g/mol. The van der Waals surface area contributed by atoms with Crippen molar-refractivity contribution in [1.29, 1.82) is 0 Å². The Morgan fingerprint density at radius 3 is 2.67 bits per heavy atom. The Balaban J connectivity index is 2.27. The number of nitrogens with two attached hydrogens (primary N) is 1. The Morgan fingerprint density at radius 2 is 2.06 bits per heavy atom. The third kappa shape index (κ3) is 2.56. The van der Waals surface area contributed by atoms with E-state index in [0.717, 1.165) is 16.4 Å². The van der Waals surface area contributed by atoms with Gasteiger partial charge in [-0.2, -0.15) is 0 Å². The molecule has 0 radical (unpaired) electrons. The van der Waals surface area contributed by atoms with E-state index in [1.807, 2.05) is 48.1 Å². The molecule has 1 heterocycles. The second kappa shape index (κ2) is 5.27. The molecule has 18 heavy (non-hydrogen) atoms. The predicted octanol–water partition coefficient (Wildman–Crippen LogP) is 2.05. The maximum atomic E-state index is 11.1. The van der Waals surface area contributed by atoms with Gasteiger partial charge in [0.2, 0.25) is 5.91 Å². The topological polar surface area (TPSA) is 60.9 Å². The molecule has 1 aromatic heterocycles. The molecule has 0 saturated heterocycles. The van der Waals surface area contributed by atoms with Gasteiger partial charge in [-0.1, -0.05) is 42.1 Å². The summed E-state index contributed by atoms with van der Waals surface area (Å²) in [5.41, 5.74) is 7.38. The second-order valence-corrected chi connectivity index (χ2v) is 5.32. The number of aromatic nitrogens is 2. The lowest BCUT2D eigenvalue weighted by molar-refractivity contribution is -0.117. The zero-order valence-electron chi connectivity index (χ0n) is 10.3. The molecule has 0 saturated carbocycles. The van der Waals surface area contributed by atoms with Crippen LogP contribution in [-0.2, 0) is 11.8 Å². The van der Waals surface area contributed by atoms with Crippen molar-refractivity contribution in [3.05, 3.63) is 36.5 Å². The Hall–Kier alpha value is -1.75. The average molecular weight is 261 g/mol. The van der Waals surface area contributed by atoms with Gasteiger partial charge in [0, 0.05) is 7.05 Å². The molecule has 1 amide bonds. The molecule has 0 fully saturated rings. The molecule has 0 bridgehead atoms. The number of imidazole rings is 1. The highest BCUT2D eigenvalue weighted by Gasteiger charge is 2.15. The van der Waals surface area contributed by atoms with Gasteiger partial charge < -0.3 is 10.3 Å². The van der Waals surface area contributed by atoms with E-state index in [1.54, 1.807) is 6.92 Å². The maximum absolute atomic E-state index is 11.1. The van der Waals surface area contributed by atoms with E-state index >= 15 is 0 Å². The maximum Gasteiger partial charge on any atom is 0.230 e. The highest BCUT2D eigenvalue weighted by atomic mass is 32.2. The fourth-order valence-corrected chi connectivity index (χ4v) is 2.40. The minimum Gasteiger partial charge on any atom is -0.369 e. The van der Waals surface area contributed by atoms with E-state index in [0.29, 0.717) is 0 Å². The van der Waals surface area contributed by atoms with Gasteiger partial charge in [0.05, 0.1) is 17.1 Å². The summed E-state index contributed by atoms with van der Waals surface area (Å²) < 4.78 is 1.97. The van der Waals surface area contributed by atoms with Crippen LogP contribution in [0.25, 0.3) is 11.3 Å². The van der Waals surface area contributed by atoms with Gasteiger partial charge in [0.25, 0.3) is 0 Å². The largest absolute Gasteiger partial charge is 0.369 e. The normalized spacial score (nSPS) is 12.3. The number of thioether (sulfide) groups is 1. The van der Waals surface area contributed by atoms with Crippen LogP contribution < -0.4 is 5.73 Å². The summed E-state index contributed by atoms with van der Waals surface area (Å²) in [6, 6.07) is 10.0. The first kappa shape index (κ1) is 12.7. The number of nitrogens with zero attached hydrogens (tertiary/aromatic N) is 2. The van der Waals surface area contributed by atoms with Crippen LogP contribution in [0.3, 0.4) is 0 Å². The number of carbonyl (C=O) groups is 1. The van der Waals surface area contributed by atoms with Crippen LogP contribution in [0.1, 0.15) is 6.92 Å². The first-order chi connectivity index (χ1) is 8.59. The van der Waals surface area contributed by atoms with Gasteiger partial charge in [-0.3, -0.25) is 4.79 Å². The van der Waals surface area contributed by atoms with Crippen LogP contribution in [0.2, 0.25) is 0 Å². The molecule has 0 spiro atoms. The standard InChI is InChI=1S/C13H15N3OS/c1-9(12(14)17)18-13-15-8-11(16(13)2)10-6-4-3-5-7-10/h3-9H,1-2H3,(H2,14,17). The van der Waals surface area contributed by atoms with Crippen LogP contribution in [0.5, 0.6) is 0 Å². The minimum absolute atomic E-state index is 0.283. The molecular formula is C13H15N3OS. The van der Waals surface area contributed by atoms with E-state index in [4.69, 9.17) is 5.73 Å². The van der Waals surface area contributed by atoms with Crippen molar-refractivity contribution in [3.63, 3.8) is 0 Å². The van der Waals surface area contributed by atoms with E-state index in [-0.39, 0.29) is 11.2 Å². The van der Waals surface area contributed by atoms with Crippen molar-refractivity contribution >= 4 is 17.7 Å². The lowest BCUT2D eigenvalue weighted by atomic mass is 10.2. The van der Waals surface area contributed by atoms with E-state index in [2.05, 4.69) is 4.98 Å². The van der Waals surface area contributed by atoms with E-state index < -0.39 is 0 Å². The number of benzene rings is 1. The number of rotatable bonds is 4. The highest BCUT2D eigenvalue weighted by Crippen LogP contribution is 2.26. The third-order valence-electron chi connectivity index (χ3n) is 2.70. The molecule has 0 aliphatic heterocycles. The van der Waals surface area contributed by atoms with Crippen molar-refractivity contribution < 1.29 is 4.79 Å². The smallest absolute Gasteiger partial charge is 0.230 e. The van der Waals surface area contributed by atoms with E-state index in [1.165, 1.54) is 11.8 Å². The lowest BCUT2D eigenvalue weighted by Crippen LogP contribution is -2.22. The van der Waals surface area contributed by atoms with Crippen molar-refractivity contribution in [2.24, 2.45) is 12.8 Å². The van der Waals surface area contributed by atoms with Crippen LogP contribution in [0, 0.1) is 0 Å². The molecule has 4 nitrogen and oxygen atoms in total. The minimum atomic E-state index is -0.329. The summed E-state index contributed by atoms with van der Waals surface area (Å²) >= 11 is 1.37. The van der Waals surface area contributed by atoms with Gasteiger partial charge in [-0.05, 0) is 12.5 Å². The number of hydrogen-bond donors (Lipinski definition) is 1. The highest BCUT2D eigenvalue weighted by molar-refractivity contribution is 8.00. The van der Waals surface area contributed by atoms with Crippen molar-refractivity contribution in [1.82, 2.24) is 9.55 Å². The number of primary amides is 1. The third-order valence-corrected chi connectivity index (χ3v) is 3.87. The van der Waals surface area contributed by atoms with Crippen molar-refractivity contribution in [2.75, 3.05) is 0 Å². The lowest BCUT2D eigenvalue weighted by Gasteiger charge is -2.08. The molecule has 1 unspecified atom stereocenters. The zero-order chi connectivity index (χ0) is 13.1. The molecular weight excluding hydrogens is 246 g/mol. The molecule has 2 N–H and O–H groups in total. The fraction of sp³-hybridized carbons (Fsp3) is 0.231. The average Bonchev–Trinajstić information content (AvgIpc) is 2.72. The molecule has 94 valence electrons. The quantitative estimate of drug-likeness (QED) is 0.857. The molecule has 1 aromatic carbocycles. The summed E-state index contributed by atoms with van der Waals surface area (Å²) in [6.45, 7) is 1.78. The van der Waals surface area contributed by atoms with Crippen LogP contribution in [0.15, 0.2) is 41.7 Å². The molecule has 1 atom stereocenters. The molecule has 2 rings (SSSR count). The number of amides is 1. The van der Waals surface area contributed by atoms with Gasteiger partial charge in [0.1, 0.15) is 0 Å². The predicted molar refractivity (Wildman–Crippen MR) is 73.2 cm³/mol. The van der Waals surface area contributed by atoms with Crippen molar-refractivity contribution in [3.8, 4) is 11.3 Å². The van der Waals surface area contributed by atoms with Gasteiger partial charge in [-0.25, -0.2) is 4.98 Å². The summed E-state index contributed by atoms with van der Waals surface area (Å²) in [4.78, 5) is 15.4. The summed E-state index contributed by atoms with van der Waals surface area (Å²) in [7, 11) is 1.94. The van der Waals surface area contributed by atoms with Gasteiger partial charge in [0.15, 0.2) is 5.16 Å². The van der Waals surface area contributed by atoms with Crippen molar-refractivity contribution in [2.45, 2.75) is 17.3 Å². The Morgan fingerprint density at radius 1 is 1.39 bits per heavy atom. The molecule has 0 aliphatic rings. The fourth-order valence-electron chi connectivity index (χ4n) is 1.60. The molecule has 2 aromatic rings. The Kier molecular flexibility index (Phi) is 3.72. The molecule has 0 aliphatic carbocycles. The first-order valence-corrected chi connectivity index (χ1v) is 6.50. The Labute approximate surface area is 110 Å². The second-order valence-electron chi connectivity index (χ2n) is 4.01. The first-order valence-electron chi connectivity index (χ1n) is 5.62. The number of hydrogen-bond acceptors (Lipinski definition) is 3. The number of carbonyl (C=O) groups excluding carboxylic acids is 1. The van der Waals surface area contributed by atoms with Crippen LogP contribution in [0.4, 0.5) is 0 Å². The summed E-state index contributed by atoms with van der Waals surface area (Å²) in [5, 5.41) is 0.509. The SMILES string of the molecule is CC(Sc1ncc(-c2ccccc2)n1C)C(N)=O. The summed E-state index contributed by atoms with van der Waals surface area (Å²) in [6.07, 6.45) is 1.81. The van der Waals surface area contributed by atoms with Gasteiger partial charge >= 0.3 is 0 Å². The Bertz CT molecular complexity index is 551. The van der Waals surface area contributed by atoms with Crippen LogP contribution in [-0.4, -0.2) is 20.7 Å². The van der Waals surface area contributed by atoms with Crippen LogP contribution >= 0.6 is 11.8 Å². The zero-order valence-corrected chi connectivity index (χ0v) is 11.1. The van der Waals surface area contributed by atoms with Gasteiger partial charge in [-0.15, -0.1) is 0 Å². The molecule has 5 heteroatoms. The summed E-state index contributed by atoms with van der Waals surface area (Å²) in [5.74, 6) is -0.329.